The number of rotatable bonds is 5. The highest BCUT2D eigenvalue weighted by atomic mass is 19.4. The van der Waals surface area contributed by atoms with E-state index >= 15 is 0 Å². The molecule has 0 aromatic heterocycles. The maximum absolute atomic E-state index is 13.7. The summed E-state index contributed by atoms with van der Waals surface area (Å²) in [7, 11) is 1.68. The number of benzene rings is 2. The van der Waals surface area contributed by atoms with Gasteiger partial charge in [0.25, 0.3) is 5.91 Å². The quantitative estimate of drug-likeness (QED) is 0.824. The van der Waals surface area contributed by atoms with Gasteiger partial charge in [0.05, 0.1) is 5.69 Å². The van der Waals surface area contributed by atoms with Crippen molar-refractivity contribution in [3.8, 4) is 6.07 Å². The molecular formula is C18H15F4N3O. The van der Waals surface area contributed by atoms with Crippen LogP contribution in [0.3, 0.4) is 0 Å². The smallest absolute Gasteiger partial charge is 0.369 e. The molecule has 1 N–H and O–H groups in total. The van der Waals surface area contributed by atoms with E-state index < -0.39 is 24.4 Å². The molecule has 0 atom stereocenters. The Labute approximate surface area is 147 Å². The van der Waals surface area contributed by atoms with E-state index in [1.165, 1.54) is 24.3 Å². The Hall–Kier alpha value is -3.08. The van der Waals surface area contributed by atoms with Gasteiger partial charge < -0.3 is 10.2 Å². The lowest BCUT2D eigenvalue weighted by atomic mass is 10.1. The number of carbonyl (C=O) groups is 1. The molecule has 0 radical (unpaired) electrons. The lowest BCUT2D eigenvalue weighted by Gasteiger charge is -2.21. The van der Waals surface area contributed by atoms with Crippen molar-refractivity contribution in [3.05, 3.63) is 65.0 Å². The lowest BCUT2D eigenvalue weighted by Crippen LogP contribution is -2.33. The molecular weight excluding hydrogens is 350 g/mol. The van der Waals surface area contributed by atoms with Crippen molar-refractivity contribution < 1.29 is 22.4 Å². The first-order chi connectivity index (χ1) is 12.2. The monoisotopic (exact) mass is 365 g/mol. The Morgan fingerprint density at radius 2 is 1.85 bits per heavy atom. The van der Waals surface area contributed by atoms with E-state index in [-0.39, 0.29) is 11.1 Å². The van der Waals surface area contributed by atoms with E-state index in [1.54, 1.807) is 35.5 Å². The number of hydrogen-bond donors (Lipinski definition) is 1. The van der Waals surface area contributed by atoms with Gasteiger partial charge in [-0.05, 0) is 29.8 Å². The highest BCUT2D eigenvalue weighted by Gasteiger charge is 2.27. The average molecular weight is 365 g/mol. The lowest BCUT2D eigenvalue weighted by molar-refractivity contribution is -0.123. The third-order valence-electron chi connectivity index (χ3n) is 3.60. The second-order valence-corrected chi connectivity index (χ2v) is 5.60. The van der Waals surface area contributed by atoms with Crippen molar-refractivity contribution in [2.75, 3.05) is 18.5 Å². The molecule has 0 bridgehead atoms. The fourth-order valence-corrected chi connectivity index (χ4v) is 2.34. The molecule has 1 amide bonds. The van der Waals surface area contributed by atoms with Crippen LogP contribution >= 0.6 is 0 Å². The van der Waals surface area contributed by atoms with Crippen LogP contribution in [0.1, 0.15) is 21.5 Å². The van der Waals surface area contributed by atoms with Gasteiger partial charge in [-0.1, -0.05) is 18.2 Å². The number of carbonyl (C=O) groups excluding carboxylic acids is 1. The maximum atomic E-state index is 13.7. The van der Waals surface area contributed by atoms with E-state index in [1.807, 2.05) is 6.07 Å². The molecule has 2 rings (SSSR count). The molecule has 4 nitrogen and oxygen atoms in total. The minimum absolute atomic E-state index is 0.0712. The Morgan fingerprint density at radius 1 is 1.19 bits per heavy atom. The van der Waals surface area contributed by atoms with Gasteiger partial charge in [-0.3, -0.25) is 4.79 Å². The van der Waals surface area contributed by atoms with Gasteiger partial charge in [0.15, 0.2) is 0 Å². The number of nitrogens with zero attached hydrogens (tertiary/aromatic N) is 2. The van der Waals surface area contributed by atoms with Gasteiger partial charge in [-0.25, -0.2) is 4.39 Å². The zero-order chi connectivity index (χ0) is 19.3. The molecule has 0 fully saturated rings. The van der Waals surface area contributed by atoms with Crippen LogP contribution in [0.15, 0.2) is 42.5 Å². The van der Waals surface area contributed by atoms with Gasteiger partial charge in [-0.15, -0.1) is 0 Å². The van der Waals surface area contributed by atoms with Crippen molar-refractivity contribution >= 4 is 11.6 Å². The average Bonchev–Trinajstić information content (AvgIpc) is 2.59. The number of alkyl halides is 3. The fourth-order valence-electron chi connectivity index (χ4n) is 2.34. The third kappa shape index (κ3) is 4.96. The molecule has 0 saturated heterocycles. The summed E-state index contributed by atoms with van der Waals surface area (Å²) in [4.78, 5) is 13.3. The molecule has 0 spiro atoms. The Morgan fingerprint density at radius 3 is 2.42 bits per heavy atom. The van der Waals surface area contributed by atoms with Gasteiger partial charge in [0.1, 0.15) is 24.0 Å². The molecule has 2 aromatic rings. The first-order valence-electron chi connectivity index (χ1n) is 7.55. The van der Waals surface area contributed by atoms with Crippen LogP contribution in [0.4, 0.5) is 23.2 Å². The summed E-state index contributed by atoms with van der Waals surface area (Å²) in [5, 5.41) is 10.9. The summed E-state index contributed by atoms with van der Waals surface area (Å²) in [6.07, 6.45) is -4.47. The van der Waals surface area contributed by atoms with Crippen LogP contribution < -0.4 is 10.2 Å². The highest BCUT2D eigenvalue weighted by Crippen LogP contribution is 2.23. The number of halogens is 4. The molecule has 0 aliphatic heterocycles. The first-order valence-corrected chi connectivity index (χ1v) is 7.55. The number of hydrogen-bond acceptors (Lipinski definition) is 3. The number of nitriles is 1. The van der Waals surface area contributed by atoms with E-state index in [9.17, 15) is 22.4 Å². The first kappa shape index (κ1) is 19.2. The van der Waals surface area contributed by atoms with Crippen molar-refractivity contribution in [2.45, 2.75) is 12.7 Å². The second kappa shape index (κ2) is 7.87. The molecule has 0 unspecified atom stereocenters. The molecule has 0 heterocycles. The molecule has 8 heteroatoms. The summed E-state index contributed by atoms with van der Waals surface area (Å²) in [5.74, 6) is -1.44. The third-order valence-corrected chi connectivity index (χ3v) is 3.60. The normalized spacial score (nSPS) is 10.9. The zero-order valence-corrected chi connectivity index (χ0v) is 13.8. The molecule has 136 valence electrons. The van der Waals surface area contributed by atoms with Crippen LogP contribution in [0, 0.1) is 17.1 Å². The minimum atomic E-state index is -4.47. The van der Waals surface area contributed by atoms with Crippen molar-refractivity contribution in [3.63, 3.8) is 0 Å². The number of amides is 1. The Kier molecular flexibility index (Phi) is 5.82. The minimum Gasteiger partial charge on any atom is -0.369 e. The van der Waals surface area contributed by atoms with Crippen LogP contribution in [0.2, 0.25) is 0 Å². The van der Waals surface area contributed by atoms with Crippen LogP contribution in [-0.2, 0) is 6.54 Å². The maximum Gasteiger partial charge on any atom is 0.405 e. The molecule has 26 heavy (non-hydrogen) atoms. The van der Waals surface area contributed by atoms with Crippen LogP contribution in [-0.4, -0.2) is 25.7 Å². The SMILES string of the molecule is CN(Cc1ccc(C(=O)NCC(F)(F)F)cc1)c1cccc(F)c1C#N. The van der Waals surface area contributed by atoms with Gasteiger partial charge in [0.2, 0.25) is 0 Å². The molecule has 2 aromatic carbocycles. The summed E-state index contributed by atoms with van der Waals surface area (Å²) < 4.78 is 50.0. The van der Waals surface area contributed by atoms with Gasteiger partial charge in [-0.2, -0.15) is 18.4 Å². The Balaban J connectivity index is 2.07. The fraction of sp³-hybridized carbons (Fsp3) is 0.222. The summed E-state index contributed by atoms with van der Waals surface area (Å²) >= 11 is 0. The number of nitrogens with one attached hydrogen (secondary N) is 1. The highest BCUT2D eigenvalue weighted by molar-refractivity contribution is 5.94. The van der Waals surface area contributed by atoms with Gasteiger partial charge in [0, 0.05) is 19.2 Å². The standard InChI is InChI=1S/C18H15F4N3O/c1-25(16-4-2-3-15(19)14(16)9-23)10-12-5-7-13(8-6-12)17(26)24-11-18(20,21)22/h2-8H,10-11H2,1H3,(H,24,26). The Bertz CT molecular complexity index is 826. The summed E-state index contributed by atoms with van der Waals surface area (Å²) in [6, 6.07) is 12.1. The molecule has 0 saturated carbocycles. The van der Waals surface area contributed by atoms with E-state index in [0.29, 0.717) is 12.2 Å². The largest absolute Gasteiger partial charge is 0.405 e. The van der Waals surface area contributed by atoms with E-state index in [4.69, 9.17) is 5.26 Å². The van der Waals surface area contributed by atoms with Crippen molar-refractivity contribution in [1.82, 2.24) is 5.32 Å². The van der Waals surface area contributed by atoms with E-state index in [2.05, 4.69) is 0 Å². The zero-order valence-electron chi connectivity index (χ0n) is 13.8. The molecule has 0 aliphatic rings. The van der Waals surface area contributed by atoms with Crippen LogP contribution in [0.5, 0.6) is 0 Å². The number of anilines is 1. The summed E-state index contributed by atoms with van der Waals surface area (Å²) in [5.41, 5.74) is 1.19. The second-order valence-electron chi connectivity index (χ2n) is 5.60. The molecule has 0 aliphatic carbocycles. The van der Waals surface area contributed by atoms with Crippen LogP contribution in [0.25, 0.3) is 0 Å². The topological polar surface area (TPSA) is 56.1 Å². The summed E-state index contributed by atoms with van der Waals surface area (Å²) in [6.45, 7) is -1.07. The predicted octanol–water partition coefficient (Wildman–Crippen LogP) is 3.63. The van der Waals surface area contributed by atoms with E-state index in [0.717, 1.165) is 5.56 Å². The van der Waals surface area contributed by atoms with Crippen molar-refractivity contribution in [1.29, 1.82) is 5.26 Å². The predicted molar refractivity (Wildman–Crippen MR) is 88.1 cm³/mol. The van der Waals surface area contributed by atoms with Crippen molar-refractivity contribution in [2.24, 2.45) is 0 Å². The van der Waals surface area contributed by atoms with Gasteiger partial charge >= 0.3 is 6.18 Å².